The zero-order chi connectivity index (χ0) is 21.2. The van der Waals surface area contributed by atoms with Crippen LogP contribution in [0.4, 0.5) is 5.69 Å². The van der Waals surface area contributed by atoms with E-state index in [1.807, 2.05) is 66.7 Å². The number of hydrazone groups is 1. The van der Waals surface area contributed by atoms with Crippen LogP contribution in [0.2, 0.25) is 0 Å². The van der Waals surface area contributed by atoms with Gasteiger partial charge in [0.05, 0.1) is 18.9 Å². The van der Waals surface area contributed by atoms with Gasteiger partial charge in [-0.05, 0) is 54.2 Å². The van der Waals surface area contributed by atoms with Crippen molar-refractivity contribution in [2.45, 2.75) is 6.61 Å². The number of hydrogen-bond donors (Lipinski definition) is 2. The van der Waals surface area contributed by atoms with Gasteiger partial charge in [-0.2, -0.15) is 5.10 Å². The van der Waals surface area contributed by atoms with Gasteiger partial charge in [-0.3, -0.25) is 5.43 Å². The monoisotopic (exact) mass is 419 g/mol. The minimum Gasteiger partial charge on any atom is -0.488 e. The molecule has 0 unspecified atom stereocenters. The SMILES string of the molecule is COC(=O)c1ccc(COc2ccccc2/C=N\NC(=S)Nc2ccccc2)cc1. The molecular formula is C23H21N3O3S. The van der Waals surface area contributed by atoms with Gasteiger partial charge >= 0.3 is 5.97 Å². The summed E-state index contributed by atoms with van der Waals surface area (Å²) in [7, 11) is 1.36. The summed E-state index contributed by atoms with van der Waals surface area (Å²) in [5.74, 6) is 0.318. The number of thiocarbonyl (C=S) groups is 1. The highest BCUT2D eigenvalue weighted by Gasteiger charge is 2.06. The van der Waals surface area contributed by atoms with Crippen molar-refractivity contribution >= 4 is 35.2 Å². The Bertz CT molecular complexity index is 1020. The third-order valence-electron chi connectivity index (χ3n) is 4.09. The summed E-state index contributed by atoms with van der Waals surface area (Å²) in [5, 5.41) is 7.62. The number of hydrogen-bond acceptors (Lipinski definition) is 5. The Morgan fingerprint density at radius 1 is 1.00 bits per heavy atom. The Balaban J connectivity index is 1.57. The van der Waals surface area contributed by atoms with Crippen LogP contribution in [0, 0.1) is 0 Å². The molecule has 0 atom stereocenters. The summed E-state index contributed by atoms with van der Waals surface area (Å²) < 4.78 is 10.6. The van der Waals surface area contributed by atoms with Crippen molar-refractivity contribution in [2.75, 3.05) is 12.4 Å². The fourth-order valence-electron chi connectivity index (χ4n) is 2.58. The highest BCUT2D eigenvalue weighted by atomic mass is 32.1. The van der Waals surface area contributed by atoms with Crippen LogP contribution < -0.4 is 15.5 Å². The molecule has 30 heavy (non-hydrogen) atoms. The average molecular weight is 420 g/mol. The van der Waals surface area contributed by atoms with Crippen molar-refractivity contribution in [1.82, 2.24) is 5.43 Å². The summed E-state index contributed by atoms with van der Waals surface area (Å²) in [6.45, 7) is 0.355. The van der Waals surface area contributed by atoms with Gasteiger partial charge in [0.1, 0.15) is 12.4 Å². The Hall–Kier alpha value is -3.71. The number of carbonyl (C=O) groups excluding carboxylic acids is 1. The van der Waals surface area contributed by atoms with Crippen LogP contribution in [0.3, 0.4) is 0 Å². The molecule has 2 N–H and O–H groups in total. The maximum absolute atomic E-state index is 11.5. The predicted molar refractivity (Wildman–Crippen MR) is 122 cm³/mol. The second kappa shape index (κ2) is 10.7. The quantitative estimate of drug-likeness (QED) is 0.256. The number of carbonyl (C=O) groups is 1. The molecule has 0 aliphatic carbocycles. The smallest absolute Gasteiger partial charge is 0.337 e. The fraction of sp³-hybridized carbons (Fsp3) is 0.0870. The highest BCUT2D eigenvalue weighted by molar-refractivity contribution is 7.80. The molecule has 0 spiro atoms. The van der Waals surface area contributed by atoms with Gasteiger partial charge in [0.15, 0.2) is 5.11 Å². The van der Waals surface area contributed by atoms with Crippen molar-refractivity contribution in [3.05, 3.63) is 95.6 Å². The van der Waals surface area contributed by atoms with Crippen molar-refractivity contribution in [3.63, 3.8) is 0 Å². The van der Waals surface area contributed by atoms with Gasteiger partial charge in [0.25, 0.3) is 0 Å². The van der Waals surface area contributed by atoms with Crippen LogP contribution in [0.5, 0.6) is 5.75 Å². The van der Waals surface area contributed by atoms with Crippen LogP contribution in [0.15, 0.2) is 84.0 Å². The number of nitrogens with zero attached hydrogens (tertiary/aromatic N) is 1. The minimum absolute atomic E-state index is 0.355. The zero-order valence-electron chi connectivity index (χ0n) is 16.4. The normalized spacial score (nSPS) is 10.4. The molecule has 152 valence electrons. The largest absolute Gasteiger partial charge is 0.488 e. The molecule has 0 aromatic heterocycles. The molecule has 6 nitrogen and oxygen atoms in total. The van der Waals surface area contributed by atoms with Gasteiger partial charge in [-0.25, -0.2) is 4.79 Å². The third-order valence-corrected chi connectivity index (χ3v) is 4.28. The van der Waals surface area contributed by atoms with Crippen molar-refractivity contribution in [3.8, 4) is 5.75 Å². The summed E-state index contributed by atoms with van der Waals surface area (Å²) in [5.41, 5.74) is 5.91. The standard InChI is InChI=1S/C23H21N3O3S/c1-28-22(27)18-13-11-17(12-14-18)16-29-21-10-6-5-7-19(21)15-24-26-23(30)25-20-8-3-2-4-9-20/h2-15H,16H2,1H3,(H2,25,26,30)/b24-15-. The third kappa shape index (κ3) is 6.15. The van der Waals surface area contributed by atoms with Crippen LogP contribution in [0.25, 0.3) is 0 Å². The van der Waals surface area contributed by atoms with Gasteiger partial charge in [0, 0.05) is 11.3 Å². The van der Waals surface area contributed by atoms with E-state index in [2.05, 4.69) is 15.8 Å². The van der Waals surface area contributed by atoms with E-state index in [0.29, 0.717) is 23.0 Å². The number of nitrogens with one attached hydrogen (secondary N) is 2. The van der Waals surface area contributed by atoms with E-state index in [0.717, 1.165) is 16.8 Å². The molecule has 3 aromatic carbocycles. The summed E-state index contributed by atoms with van der Waals surface area (Å²) in [4.78, 5) is 11.5. The summed E-state index contributed by atoms with van der Waals surface area (Å²) in [6, 6.07) is 24.2. The topological polar surface area (TPSA) is 72.0 Å². The Kier molecular flexibility index (Phi) is 7.51. The van der Waals surface area contributed by atoms with Crippen LogP contribution in [0.1, 0.15) is 21.5 Å². The van der Waals surface area contributed by atoms with E-state index in [-0.39, 0.29) is 5.97 Å². The molecule has 0 bridgehead atoms. The lowest BCUT2D eigenvalue weighted by atomic mass is 10.1. The van der Waals surface area contributed by atoms with E-state index < -0.39 is 0 Å². The van der Waals surface area contributed by atoms with E-state index in [4.69, 9.17) is 21.7 Å². The van der Waals surface area contributed by atoms with E-state index >= 15 is 0 Å². The molecule has 7 heteroatoms. The lowest BCUT2D eigenvalue weighted by Gasteiger charge is -2.10. The molecule has 0 aliphatic rings. The number of methoxy groups -OCH3 is 1. The molecule has 0 saturated carbocycles. The van der Waals surface area contributed by atoms with Crippen molar-refractivity contribution in [2.24, 2.45) is 5.10 Å². The first-order valence-electron chi connectivity index (χ1n) is 9.20. The first-order valence-corrected chi connectivity index (χ1v) is 9.61. The van der Waals surface area contributed by atoms with Crippen LogP contribution in [-0.4, -0.2) is 24.4 Å². The maximum Gasteiger partial charge on any atom is 0.337 e. The van der Waals surface area contributed by atoms with Gasteiger partial charge in [0.2, 0.25) is 0 Å². The van der Waals surface area contributed by atoms with E-state index in [1.54, 1.807) is 18.3 Å². The minimum atomic E-state index is -0.365. The molecule has 3 rings (SSSR count). The molecule has 0 aliphatic heterocycles. The number of esters is 1. The number of ether oxygens (including phenoxy) is 2. The summed E-state index contributed by atoms with van der Waals surface area (Å²) in [6.07, 6.45) is 1.65. The second-order valence-electron chi connectivity index (χ2n) is 6.21. The highest BCUT2D eigenvalue weighted by Crippen LogP contribution is 2.18. The Labute approximate surface area is 180 Å². The predicted octanol–water partition coefficient (Wildman–Crippen LogP) is 4.37. The first-order chi connectivity index (χ1) is 14.7. The van der Waals surface area contributed by atoms with Crippen molar-refractivity contribution < 1.29 is 14.3 Å². The van der Waals surface area contributed by atoms with Crippen LogP contribution >= 0.6 is 12.2 Å². The fourth-order valence-corrected chi connectivity index (χ4v) is 2.75. The lowest BCUT2D eigenvalue weighted by Crippen LogP contribution is -2.23. The molecule has 0 saturated heterocycles. The second-order valence-corrected chi connectivity index (χ2v) is 6.61. The maximum atomic E-state index is 11.5. The molecule has 0 fully saturated rings. The number of para-hydroxylation sites is 2. The van der Waals surface area contributed by atoms with Crippen molar-refractivity contribution in [1.29, 1.82) is 0 Å². The van der Waals surface area contributed by atoms with Gasteiger partial charge in [-0.1, -0.05) is 42.5 Å². The number of benzene rings is 3. The van der Waals surface area contributed by atoms with E-state index in [9.17, 15) is 4.79 Å². The van der Waals surface area contributed by atoms with Gasteiger partial charge in [-0.15, -0.1) is 0 Å². The molecular weight excluding hydrogens is 398 g/mol. The molecule has 0 heterocycles. The lowest BCUT2D eigenvalue weighted by molar-refractivity contribution is 0.0600. The zero-order valence-corrected chi connectivity index (χ0v) is 17.2. The molecule has 3 aromatic rings. The van der Waals surface area contributed by atoms with E-state index in [1.165, 1.54) is 7.11 Å². The first kappa shape index (κ1) is 21.0. The average Bonchev–Trinajstić information content (AvgIpc) is 2.79. The number of rotatable bonds is 7. The molecule has 0 radical (unpaired) electrons. The number of anilines is 1. The molecule has 0 amide bonds. The Morgan fingerprint density at radius 3 is 2.43 bits per heavy atom. The van der Waals surface area contributed by atoms with Gasteiger partial charge < -0.3 is 14.8 Å². The van der Waals surface area contributed by atoms with Crippen LogP contribution in [-0.2, 0) is 11.3 Å². The Morgan fingerprint density at radius 2 is 1.70 bits per heavy atom. The summed E-state index contributed by atoms with van der Waals surface area (Å²) >= 11 is 5.24.